The summed E-state index contributed by atoms with van der Waals surface area (Å²) < 4.78 is 6.87. The molecule has 33 heavy (non-hydrogen) atoms. The molecule has 0 aliphatic heterocycles. The number of hydrogen-bond acceptors (Lipinski definition) is 7. The molecule has 168 valence electrons. The van der Waals surface area contributed by atoms with Gasteiger partial charge in [-0.3, -0.25) is 4.57 Å². The van der Waals surface area contributed by atoms with Crippen LogP contribution in [0.3, 0.4) is 0 Å². The Kier molecular flexibility index (Phi) is 6.66. The largest absolute Gasteiger partial charge is 0.497 e. The highest BCUT2D eigenvalue weighted by Gasteiger charge is 2.19. The number of anilines is 2. The van der Waals surface area contributed by atoms with E-state index in [-0.39, 0.29) is 5.69 Å². The molecule has 1 N–H and O–H groups in total. The molecule has 0 saturated carbocycles. The van der Waals surface area contributed by atoms with Crippen LogP contribution in [0.1, 0.15) is 24.5 Å². The maximum Gasteiger partial charge on any atom is 0.328 e. The average Bonchev–Trinajstić information content (AvgIpc) is 3.17. The fraction of sp³-hybridized carbons (Fsp3) is 0.250. The van der Waals surface area contributed by atoms with Crippen LogP contribution in [0.4, 0.5) is 11.5 Å². The second-order valence-electron chi connectivity index (χ2n) is 7.46. The number of rotatable bonds is 8. The van der Waals surface area contributed by atoms with Crippen molar-refractivity contribution < 1.29 is 4.74 Å². The van der Waals surface area contributed by atoms with Crippen molar-refractivity contribution in [1.29, 1.82) is 5.26 Å². The molecule has 4 rings (SSSR count). The van der Waals surface area contributed by atoms with Crippen LogP contribution in [0.5, 0.6) is 5.75 Å². The number of nitrogens with zero attached hydrogens (tertiary/aromatic N) is 5. The summed E-state index contributed by atoms with van der Waals surface area (Å²) in [5.41, 5.74) is 3.26. The minimum Gasteiger partial charge on any atom is -0.497 e. The molecule has 0 atom stereocenters. The van der Waals surface area contributed by atoms with Crippen molar-refractivity contribution in [3.8, 4) is 11.8 Å². The molecular weight excluding hydrogens is 436 g/mol. The first-order valence-corrected chi connectivity index (χ1v) is 11.5. The SMILES string of the molecule is CCCSc1nc(N(C)c2ccc(OC)cc2)c2[nH]c(=O)n(Cc3ccc(C#N)cc3)c2n1. The fourth-order valence-corrected chi connectivity index (χ4v) is 4.13. The summed E-state index contributed by atoms with van der Waals surface area (Å²) in [6, 6.07) is 17.0. The first-order chi connectivity index (χ1) is 16.0. The van der Waals surface area contributed by atoms with E-state index in [2.05, 4.69) is 18.0 Å². The molecule has 2 aromatic carbocycles. The molecule has 9 heteroatoms. The maximum absolute atomic E-state index is 12.9. The molecule has 0 radical (unpaired) electrons. The summed E-state index contributed by atoms with van der Waals surface area (Å²) in [6.07, 6.45) is 0.987. The molecule has 0 saturated heterocycles. The van der Waals surface area contributed by atoms with Gasteiger partial charge in [0, 0.05) is 18.5 Å². The van der Waals surface area contributed by atoms with Gasteiger partial charge in [-0.25, -0.2) is 14.8 Å². The van der Waals surface area contributed by atoms with Crippen LogP contribution in [0.25, 0.3) is 11.2 Å². The van der Waals surface area contributed by atoms with Crippen LogP contribution in [0.2, 0.25) is 0 Å². The lowest BCUT2D eigenvalue weighted by Gasteiger charge is -2.20. The zero-order valence-corrected chi connectivity index (χ0v) is 19.5. The van der Waals surface area contributed by atoms with Gasteiger partial charge in [-0.2, -0.15) is 5.26 Å². The van der Waals surface area contributed by atoms with Gasteiger partial charge >= 0.3 is 5.69 Å². The topological polar surface area (TPSA) is 99.8 Å². The summed E-state index contributed by atoms with van der Waals surface area (Å²) in [6.45, 7) is 2.44. The molecule has 0 aliphatic carbocycles. The second kappa shape index (κ2) is 9.79. The molecule has 8 nitrogen and oxygen atoms in total. The van der Waals surface area contributed by atoms with Crippen molar-refractivity contribution in [2.75, 3.05) is 24.8 Å². The van der Waals surface area contributed by atoms with Gasteiger partial charge in [0.25, 0.3) is 0 Å². The summed E-state index contributed by atoms with van der Waals surface area (Å²) >= 11 is 1.56. The van der Waals surface area contributed by atoms with Gasteiger partial charge in [-0.05, 0) is 48.4 Å². The molecule has 2 heterocycles. The zero-order chi connectivity index (χ0) is 23.4. The number of imidazole rings is 1. The molecule has 0 unspecified atom stereocenters. The Hall–Kier alpha value is -3.77. The fourth-order valence-electron chi connectivity index (χ4n) is 3.44. The number of aromatic amines is 1. The first kappa shape index (κ1) is 22.4. The van der Waals surface area contributed by atoms with Gasteiger partial charge < -0.3 is 14.6 Å². The first-order valence-electron chi connectivity index (χ1n) is 10.5. The zero-order valence-electron chi connectivity index (χ0n) is 18.7. The normalized spacial score (nSPS) is 10.8. The summed E-state index contributed by atoms with van der Waals surface area (Å²) in [7, 11) is 3.54. The molecule has 4 aromatic rings. The standard InChI is InChI=1S/C24H24N6O2S/c1-4-13-33-23-27-21(29(2)18-9-11-19(32-3)12-10-18)20-22(28-23)30(24(31)26-20)15-17-7-5-16(14-25)6-8-17/h5-12H,4,13,15H2,1-3H3,(H,26,31). The van der Waals surface area contributed by atoms with Crippen LogP contribution >= 0.6 is 11.8 Å². The van der Waals surface area contributed by atoms with E-state index < -0.39 is 0 Å². The second-order valence-corrected chi connectivity index (χ2v) is 8.52. The van der Waals surface area contributed by atoms with E-state index in [0.29, 0.717) is 34.2 Å². The van der Waals surface area contributed by atoms with Crippen LogP contribution in [-0.4, -0.2) is 39.4 Å². The van der Waals surface area contributed by atoms with E-state index in [4.69, 9.17) is 20.0 Å². The number of H-pyrrole nitrogens is 1. The van der Waals surface area contributed by atoms with E-state index in [1.807, 2.05) is 48.3 Å². The molecular formula is C24H24N6O2S. The number of nitriles is 1. The van der Waals surface area contributed by atoms with E-state index in [1.165, 1.54) is 0 Å². The average molecular weight is 461 g/mol. The van der Waals surface area contributed by atoms with Crippen LogP contribution in [0.15, 0.2) is 58.5 Å². The van der Waals surface area contributed by atoms with Gasteiger partial charge in [0.15, 0.2) is 16.6 Å². The van der Waals surface area contributed by atoms with E-state index >= 15 is 0 Å². The van der Waals surface area contributed by atoms with Crippen molar-refractivity contribution in [1.82, 2.24) is 19.5 Å². The van der Waals surface area contributed by atoms with Crippen molar-refractivity contribution >= 4 is 34.4 Å². The quantitative estimate of drug-likeness (QED) is 0.309. The Morgan fingerprint density at radius 2 is 1.88 bits per heavy atom. The minimum absolute atomic E-state index is 0.259. The molecule has 0 aliphatic rings. The van der Waals surface area contributed by atoms with E-state index in [0.717, 1.165) is 29.2 Å². The number of aromatic nitrogens is 4. The number of hydrogen-bond donors (Lipinski definition) is 1. The third-order valence-corrected chi connectivity index (χ3v) is 6.27. The van der Waals surface area contributed by atoms with Crippen LogP contribution in [-0.2, 0) is 6.54 Å². The third kappa shape index (κ3) is 4.71. The van der Waals surface area contributed by atoms with Crippen LogP contribution < -0.4 is 15.3 Å². The molecule has 2 aromatic heterocycles. The predicted octanol–water partition coefficient (Wildman–Crippen LogP) is 4.32. The molecule has 0 fully saturated rings. The minimum atomic E-state index is -0.259. The monoisotopic (exact) mass is 460 g/mol. The Balaban J connectivity index is 1.81. The Bertz CT molecular complexity index is 1350. The Labute approximate surface area is 195 Å². The number of methoxy groups -OCH3 is 1. The number of thioether (sulfide) groups is 1. The third-order valence-electron chi connectivity index (χ3n) is 5.22. The number of ether oxygens (including phenoxy) is 1. The Morgan fingerprint density at radius 1 is 1.15 bits per heavy atom. The van der Waals surface area contributed by atoms with Gasteiger partial charge in [-0.15, -0.1) is 0 Å². The number of fused-ring (bicyclic) bond motifs is 1. The van der Waals surface area contributed by atoms with Gasteiger partial charge in [0.1, 0.15) is 11.3 Å². The van der Waals surface area contributed by atoms with Crippen LogP contribution in [0, 0.1) is 11.3 Å². The molecule has 0 bridgehead atoms. The van der Waals surface area contributed by atoms with E-state index in [9.17, 15) is 4.79 Å². The van der Waals surface area contributed by atoms with Gasteiger partial charge in [0.2, 0.25) is 0 Å². The van der Waals surface area contributed by atoms with Gasteiger partial charge in [-0.1, -0.05) is 30.8 Å². The number of benzene rings is 2. The highest BCUT2D eigenvalue weighted by Crippen LogP contribution is 2.30. The van der Waals surface area contributed by atoms with Crippen molar-refractivity contribution in [3.63, 3.8) is 0 Å². The van der Waals surface area contributed by atoms with Crippen molar-refractivity contribution in [3.05, 3.63) is 70.1 Å². The maximum atomic E-state index is 12.9. The smallest absolute Gasteiger partial charge is 0.328 e. The summed E-state index contributed by atoms with van der Waals surface area (Å²) in [5, 5.41) is 9.65. The lowest BCUT2D eigenvalue weighted by Crippen LogP contribution is -2.17. The molecule has 0 amide bonds. The number of nitrogens with one attached hydrogen (secondary N) is 1. The lowest BCUT2D eigenvalue weighted by atomic mass is 10.1. The summed E-state index contributed by atoms with van der Waals surface area (Å²) in [5.74, 6) is 2.27. The highest BCUT2D eigenvalue weighted by molar-refractivity contribution is 7.99. The lowest BCUT2D eigenvalue weighted by molar-refractivity contribution is 0.415. The van der Waals surface area contributed by atoms with E-state index in [1.54, 1.807) is 35.6 Å². The Morgan fingerprint density at radius 3 is 2.52 bits per heavy atom. The highest BCUT2D eigenvalue weighted by atomic mass is 32.2. The predicted molar refractivity (Wildman–Crippen MR) is 130 cm³/mol. The van der Waals surface area contributed by atoms with Gasteiger partial charge in [0.05, 0.1) is 25.3 Å². The van der Waals surface area contributed by atoms with Crippen molar-refractivity contribution in [2.24, 2.45) is 0 Å². The molecule has 0 spiro atoms. The summed E-state index contributed by atoms with van der Waals surface area (Å²) in [4.78, 5) is 27.3. The van der Waals surface area contributed by atoms with Crippen molar-refractivity contribution in [2.45, 2.75) is 25.0 Å².